The van der Waals surface area contributed by atoms with E-state index in [2.05, 4.69) is 10.3 Å². The van der Waals surface area contributed by atoms with Gasteiger partial charge in [0.25, 0.3) is 5.91 Å². The molecule has 1 heterocycles. The first-order chi connectivity index (χ1) is 16.1. The van der Waals surface area contributed by atoms with Gasteiger partial charge >= 0.3 is 12.1 Å². The average Bonchev–Trinajstić information content (AvgIpc) is 2.76. The number of rotatable bonds is 7. The summed E-state index contributed by atoms with van der Waals surface area (Å²) in [7, 11) is 0. The quantitative estimate of drug-likeness (QED) is 0.318. The minimum absolute atomic E-state index is 0.0588. The summed E-state index contributed by atoms with van der Waals surface area (Å²) in [6, 6.07) is 9.52. The molecule has 1 N–H and O–H groups in total. The van der Waals surface area contributed by atoms with Gasteiger partial charge in [0.05, 0.1) is 35.5 Å². The number of halogens is 5. The number of esters is 1. The lowest BCUT2D eigenvalue weighted by Crippen LogP contribution is -2.14. The van der Waals surface area contributed by atoms with Crippen LogP contribution in [0.15, 0.2) is 54.7 Å². The van der Waals surface area contributed by atoms with Crippen LogP contribution in [0.1, 0.15) is 28.4 Å². The van der Waals surface area contributed by atoms with Crippen LogP contribution < -0.4 is 10.1 Å². The van der Waals surface area contributed by atoms with Crippen molar-refractivity contribution >= 4 is 29.2 Å². The molecule has 178 valence electrons. The highest BCUT2D eigenvalue weighted by atomic mass is 35.5. The molecule has 0 aliphatic heterocycles. The highest BCUT2D eigenvalue weighted by Crippen LogP contribution is 2.32. The molecular formula is C23H17ClF4N2O4. The number of aromatic nitrogens is 1. The number of carbonyl (C=O) groups excluding carboxylic acids is 2. The third-order valence-corrected chi connectivity index (χ3v) is 4.69. The number of hydrogen-bond acceptors (Lipinski definition) is 5. The van der Waals surface area contributed by atoms with Gasteiger partial charge in [0, 0.05) is 11.6 Å². The summed E-state index contributed by atoms with van der Waals surface area (Å²) in [5.41, 5.74) is -0.907. The number of hydrogen-bond donors (Lipinski definition) is 1. The molecule has 3 aromatic rings. The molecule has 0 saturated carbocycles. The van der Waals surface area contributed by atoms with E-state index in [-0.39, 0.29) is 46.9 Å². The Kier molecular flexibility index (Phi) is 7.72. The summed E-state index contributed by atoms with van der Waals surface area (Å²) in [6.45, 7) is 1.98. The molecule has 2 aromatic carbocycles. The number of ether oxygens (including phenoxy) is 2. The Bertz CT molecular complexity index is 1200. The minimum Gasteiger partial charge on any atom is -0.466 e. The molecule has 6 nitrogen and oxygen atoms in total. The van der Waals surface area contributed by atoms with Crippen LogP contribution in [0, 0.1) is 5.82 Å². The Morgan fingerprint density at radius 1 is 1.09 bits per heavy atom. The fourth-order valence-electron chi connectivity index (χ4n) is 2.83. The van der Waals surface area contributed by atoms with Gasteiger partial charge in [-0.05, 0) is 48.9 Å². The number of alkyl halides is 3. The SMILES string of the molecule is CCOC(=O)Cc1ccc(Oc2ccc(NC(=O)c3ccc(C(F)(F)F)c(F)c3)cn2)c(Cl)c1. The normalized spacial score (nSPS) is 11.1. The van der Waals surface area contributed by atoms with Crippen LogP contribution in [-0.2, 0) is 22.1 Å². The maximum atomic E-state index is 13.7. The molecule has 0 unspecified atom stereocenters. The van der Waals surface area contributed by atoms with Crippen molar-refractivity contribution in [2.24, 2.45) is 0 Å². The fourth-order valence-corrected chi connectivity index (χ4v) is 3.07. The fraction of sp³-hybridized carbons (Fsp3) is 0.174. The van der Waals surface area contributed by atoms with E-state index in [0.717, 1.165) is 6.07 Å². The average molecular weight is 497 g/mol. The zero-order valence-electron chi connectivity index (χ0n) is 17.6. The number of anilines is 1. The van der Waals surface area contributed by atoms with Crippen molar-refractivity contribution in [1.82, 2.24) is 4.98 Å². The Labute approximate surface area is 196 Å². The Morgan fingerprint density at radius 3 is 2.44 bits per heavy atom. The second kappa shape index (κ2) is 10.5. The largest absolute Gasteiger partial charge is 0.466 e. The molecule has 0 spiro atoms. The van der Waals surface area contributed by atoms with E-state index in [9.17, 15) is 27.2 Å². The van der Waals surface area contributed by atoms with E-state index in [1.165, 1.54) is 18.3 Å². The molecule has 0 fully saturated rings. The second-order valence-corrected chi connectivity index (χ2v) is 7.29. The van der Waals surface area contributed by atoms with Gasteiger partial charge in [0.2, 0.25) is 5.88 Å². The molecule has 0 atom stereocenters. The molecule has 1 amide bonds. The van der Waals surface area contributed by atoms with Gasteiger partial charge in [-0.25, -0.2) is 9.37 Å². The highest BCUT2D eigenvalue weighted by molar-refractivity contribution is 6.32. The molecule has 0 aliphatic rings. The van der Waals surface area contributed by atoms with Gasteiger partial charge in [0.1, 0.15) is 11.6 Å². The third kappa shape index (κ3) is 6.44. The van der Waals surface area contributed by atoms with Gasteiger partial charge in [-0.2, -0.15) is 13.2 Å². The predicted octanol–water partition coefficient (Wildman–Crippen LogP) is 6.04. The van der Waals surface area contributed by atoms with Crippen LogP contribution in [0.4, 0.5) is 23.2 Å². The highest BCUT2D eigenvalue weighted by Gasteiger charge is 2.34. The van der Waals surface area contributed by atoms with Crippen molar-refractivity contribution in [3.05, 3.63) is 82.3 Å². The van der Waals surface area contributed by atoms with E-state index in [1.54, 1.807) is 25.1 Å². The summed E-state index contributed by atoms with van der Waals surface area (Å²) >= 11 is 6.20. The van der Waals surface area contributed by atoms with Crippen LogP contribution in [0.25, 0.3) is 0 Å². The topological polar surface area (TPSA) is 77.5 Å². The van der Waals surface area contributed by atoms with Crippen molar-refractivity contribution in [3.63, 3.8) is 0 Å². The maximum Gasteiger partial charge on any atom is 0.419 e. The van der Waals surface area contributed by atoms with Crippen molar-refractivity contribution < 1.29 is 36.6 Å². The van der Waals surface area contributed by atoms with E-state index in [4.69, 9.17) is 21.1 Å². The number of amides is 1. The van der Waals surface area contributed by atoms with E-state index < -0.39 is 23.5 Å². The predicted molar refractivity (Wildman–Crippen MR) is 115 cm³/mol. The minimum atomic E-state index is -4.86. The standard InChI is InChI=1S/C23H17ClF4N2O4/c1-2-33-21(31)10-13-3-7-19(17(24)9-13)34-20-8-5-15(12-29-20)30-22(32)14-4-6-16(18(25)11-14)23(26,27)28/h3-9,11-12H,2,10H2,1H3,(H,30,32). The number of nitrogens with zero attached hydrogens (tertiary/aromatic N) is 1. The lowest BCUT2D eigenvalue weighted by Gasteiger charge is -2.11. The van der Waals surface area contributed by atoms with Crippen LogP contribution in [0.3, 0.4) is 0 Å². The number of pyridine rings is 1. The molecule has 11 heteroatoms. The van der Waals surface area contributed by atoms with Gasteiger partial charge in [-0.3, -0.25) is 9.59 Å². The summed E-state index contributed by atoms with van der Waals surface area (Å²) in [4.78, 5) is 27.8. The molecule has 0 radical (unpaired) electrons. The second-order valence-electron chi connectivity index (χ2n) is 6.88. The van der Waals surface area contributed by atoms with Gasteiger partial charge in [0.15, 0.2) is 0 Å². The van der Waals surface area contributed by atoms with Crippen LogP contribution in [0.2, 0.25) is 5.02 Å². The molecular weight excluding hydrogens is 480 g/mol. The molecule has 0 aliphatic carbocycles. The van der Waals surface area contributed by atoms with Crippen LogP contribution in [0.5, 0.6) is 11.6 Å². The Balaban J connectivity index is 1.64. The number of benzene rings is 2. The monoisotopic (exact) mass is 496 g/mol. The molecule has 1 aromatic heterocycles. The number of carbonyl (C=O) groups is 2. The van der Waals surface area contributed by atoms with Crippen molar-refractivity contribution in [1.29, 1.82) is 0 Å². The van der Waals surface area contributed by atoms with Crippen molar-refractivity contribution in [2.45, 2.75) is 19.5 Å². The Hall–Kier alpha value is -3.66. The first-order valence-electron chi connectivity index (χ1n) is 9.83. The summed E-state index contributed by atoms with van der Waals surface area (Å²) in [5.74, 6) is -2.33. The third-order valence-electron chi connectivity index (χ3n) is 4.40. The Morgan fingerprint density at radius 2 is 1.85 bits per heavy atom. The molecule has 34 heavy (non-hydrogen) atoms. The maximum absolute atomic E-state index is 13.7. The van der Waals surface area contributed by atoms with Crippen molar-refractivity contribution in [3.8, 4) is 11.6 Å². The summed E-state index contributed by atoms with van der Waals surface area (Å²) in [5, 5.41) is 2.65. The van der Waals surface area contributed by atoms with E-state index in [0.29, 0.717) is 17.7 Å². The molecule has 0 saturated heterocycles. The lowest BCUT2D eigenvalue weighted by molar-refractivity contribution is -0.142. The lowest BCUT2D eigenvalue weighted by atomic mass is 10.1. The number of nitrogens with one attached hydrogen (secondary N) is 1. The zero-order chi connectivity index (χ0) is 24.9. The summed E-state index contributed by atoms with van der Waals surface area (Å²) < 4.78 is 62.2. The first kappa shape index (κ1) is 25.0. The van der Waals surface area contributed by atoms with Gasteiger partial charge in [-0.15, -0.1) is 0 Å². The van der Waals surface area contributed by atoms with E-state index in [1.807, 2.05) is 0 Å². The van der Waals surface area contributed by atoms with Crippen LogP contribution in [-0.4, -0.2) is 23.5 Å². The van der Waals surface area contributed by atoms with Gasteiger partial charge in [-0.1, -0.05) is 17.7 Å². The van der Waals surface area contributed by atoms with Gasteiger partial charge < -0.3 is 14.8 Å². The summed E-state index contributed by atoms with van der Waals surface area (Å²) in [6.07, 6.45) is -3.55. The van der Waals surface area contributed by atoms with E-state index >= 15 is 0 Å². The smallest absolute Gasteiger partial charge is 0.419 e. The molecule has 3 rings (SSSR count). The first-order valence-corrected chi connectivity index (χ1v) is 10.2. The zero-order valence-corrected chi connectivity index (χ0v) is 18.3. The molecule has 0 bridgehead atoms. The van der Waals surface area contributed by atoms with Crippen LogP contribution >= 0.6 is 11.6 Å². The van der Waals surface area contributed by atoms with Crippen molar-refractivity contribution in [2.75, 3.05) is 11.9 Å².